The minimum absolute atomic E-state index is 0.178. The predicted octanol–water partition coefficient (Wildman–Crippen LogP) is 4.93. The highest BCUT2D eigenvalue weighted by Gasteiger charge is 2.14. The van der Waals surface area contributed by atoms with Crippen LogP contribution in [-0.4, -0.2) is 10.9 Å². The van der Waals surface area contributed by atoms with E-state index < -0.39 is 0 Å². The molecule has 3 rings (SSSR count). The van der Waals surface area contributed by atoms with Crippen LogP contribution in [0.25, 0.3) is 11.3 Å². The second-order valence-corrected chi connectivity index (χ2v) is 5.95. The van der Waals surface area contributed by atoms with Gasteiger partial charge in [0.05, 0.1) is 5.69 Å². The first kappa shape index (κ1) is 15.9. The normalized spacial score (nSPS) is 10.5. The number of pyridine rings is 1. The molecule has 0 bridgehead atoms. The van der Waals surface area contributed by atoms with Gasteiger partial charge in [-0.3, -0.25) is 4.79 Å². The molecular formula is C21H20N2O. The Labute approximate surface area is 142 Å². The fraction of sp³-hybridized carbons (Fsp3) is 0.143. The average Bonchev–Trinajstić information content (AvgIpc) is 2.59. The van der Waals surface area contributed by atoms with Gasteiger partial charge in [0.2, 0.25) is 0 Å². The zero-order valence-corrected chi connectivity index (χ0v) is 14.1. The zero-order valence-electron chi connectivity index (χ0n) is 14.1. The number of carbonyl (C=O) groups is 1. The summed E-state index contributed by atoms with van der Waals surface area (Å²) in [6.07, 6.45) is 0. The Morgan fingerprint density at radius 1 is 0.792 bits per heavy atom. The van der Waals surface area contributed by atoms with Crippen LogP contribution in [0.3, 0.4) is 0 Å². The Bertz CT molecular complexity index is 865. The van der Waals surface area contributed by atoms with Gasteiger partial charge >= 0.3 is 0 Å². The molecule has 120 valence electrons. The summed E-state index contributed by atoms with van der Waals surface area (Å²) in [5.74, 6) is -0.178. The molecule has 0 aliphatic carbocycles. The summed E-state index contributed by atoms with van der Waals surface area (Å²) < 4.78 is 0. The number of hydrogen-bond acceptors (Lipinski definition) is 2. The topological polar surface area (TPSA) is 42.0 Å². The summed E-state index contributed by atoms with van der Waals surface area (Å²) in [6, 6.07) is 19.7. The minimum Gasteiger partial charge on any atom is -0.320 e. The average molecular weight is 316 g/mol. The van der Waals surface area contributed by atoms with E-state index in [4.69, 9.17) is 0 Å². The van der Waals surface area contributed by atoms with Crippen molar-refractivity contribution < 1.29 is 4.79 Å². The van der Waals surface area contributed by atoms with Crippen LogP contribution >= 0.6 is 0 Å². The van der Waals surface area contributed by atoms with Crippen LogP contribution < -0.4 is 5.32 Å². The summed E-state index contributed by atoms with van der Waals surface area (Å²) in [5.41, 5.74) is 6.05. The van der Waals surface area contributed by atoms with Crippen LogP contribution in [0.15, 0.2) is 60.7 Å². The van der Waals surface area contributed by atoms with Gasteiger partial charge in [0.25, 0.3) is 5.91 Å². The van der Waals surface area contributed by atoms with Crippen LogP contribution in [-0.2, 0) is 0 Å². The molecule has 1 aromatic heterocycles. The van der Waals surface area contributed by atoms with Gasteiger partial charge in [-0.25, -0.2) is 4.98 Å². The number of para-hydroxylation sites is 1. The van der Waals surface area contributed by atoms with E-state index in [2.05, 4.69) is 10.3 Å². The monoisotopic (exact) mass is 316 g/mol. The molecule has 2 aromatic carbocycles. The zero-order chi connectivity index (χ0) is 17.1. The van der Waals surface area contributed by atoms with E-state index in [1.807, 2.05) is 81.4 Å². The fourth-order valence-corrected chi connectivity index (χ4v) is 2.71. The lowest BCUT2D eigenvalue weighted by Crippen LogP contribution is -2.17. The number of carbonyl (C=O) groups excluding carboxylic acids is 1. The second kappa shape index (κ2) is 6.67. The lowest BCUT2D eigenvalue weighted by molar-refractivity contribution is 0.102. The number of aromatic nitrogens is 1. The van der Waals surface area contributed by atoms with Gasteiger partial charge in [-0.1, -0.05) is 54.6 Å². The van der Waals surface area contributed by atoms with Crippen molar-refractivity contribution in [3.05, 3.63) is 83.0 Å². The van der Waals surface area contributed by atoms with E-state index in [9.17, 15) is 4.79 Å². The molecule has 0 spiro atoms. The molecule has 3 nitrogen and oxygen atoms in total. The van der Waals surface area contributed by atoms with Crippen molar-refractivity contribution in [2.45, 2.75) is 20.8 Å². The minimum atomic E-state index is -0.178. The van der Waals surface area contributed by atoms with Crippen molar-refractivity contribution in [2.75, 3.05) is 5.32 Å². The number of amides is 1. The highest BCUT2D eigenvalue weighted by molar-refractivity contribution is 6.05. The molecular weight excluding hydrogens is 296 g/mol. The van der Waals surface area contributed by atoms with E-state index in [1.54, 1.807) is 0 Å². The molecule has 0 radical (unpaired) electrons. The van der Waals surface area contributed by atoms with E-state index in [0.29, 0.717) is 5.69 Å². The molecule has 0 unspecified atom stereocenters. The summed E-state index contributed by atoms with van der Waals surface area (Å²) >= 11 is 0. The van der Waals surface area contributed by atoms with Gasteiger partial charge in [-0.2, -0.15) is 0 Å². The van der Waals surface area contributed by atoms with Crippen molar-refractivity contribution in [2.24, 2.45) is 0 Å². The van der Waals surface area contributed by atoms with Gasteiger partial charge in [0.15, 0.2) is 0 Å². The number of hydrogen-bond donors (Lipinski definition) is 1. The van der Waals surface area contributed by atoms with Crippen molar-refractivity contribution in [3.8, 4) is 11.3 Å². The van der Waals surface area contributed by atoms with Gasteiger partial charge in [-0.15, -0.1) is 0 Å². The first-order valence-electron chi connectivity index (χ1n) is 7.97. The molecule has 1 heterocycles. The van der Waals surface area contributed by atoms with Gasteiger partial charge in [0.1, 0.15) is 5.69 Å². The first-order chi connectivity index (χ1) is 11.6. The van der Waals surface area contributed by atoms with E-state index in [0.717, 1.165) is 33.6 Å². The molecule has 0 saturated heterocycles. The largest absolute Gasteiger partial charge is 0.320 e. The van der Waals surface area contributed by atoms with E-state index in [1.165, 1.54) is 0 Å². The molecule has 3 heteroatoms. The summed E-state index contributed by atoms with van der Waals surface area (Å²) in [4.78, 5) is 17.3. The number of nitrogens with zero attached hydrogens (tertiary/aromatic N) is 1. The lowest BCUT2D eigenvalue weighted by atomic mass is 10.1. The molecule has 1 amide bonds. The molecule has 3 aromatic rings. The number of nitrogens with one attached hydrogen (secondary N) is 1. The van der Waals surface area contributed by atoms with Crippen molar-refractivity contribution in [1.82, 2.24) is 4.98 Å². The number of aryl methyl sites for hydroxylation is 3. The van der Waals surface area contributed by atoms with Gasteiger partial charge in [0, 0.05) is 11.3 Å². The molecule has 0 aliphatic heterocycles. The second-order valence-electron chi connectivity index (χ2n) is 5.95. The van der Waals surface area contributed by atoms with E-state index in [-0.39, 0.29) is 5.91 Å². The number of benzene rings is 2. The smallest absolute Gasteiger partial charge is 0.274 e. The van der Waals surface area contributed by atoms with Crippen LogP contribution in [0.1, 0.15) is 27.2 Å². The maximum Gasteiger partial charge on any atom is 0.274 e. The van der Waals surface area contributed by atoms with Gasteiger partial charge in [-0.05, 0) is 43.5 Å². The molecule has 0 atom stereocenters. The van der Waals surface area contributed by atoms with Crippen molar-refractivity contribution in [1.29, 1.82) is 0 Å². The van der Waals surface area contributed by atoms with Gasteiger partial charge < -0.3 is 5.32 Å². The summed E-state index contributed by atoms with van der Waals surface area (Å²) in [5, 5.41) is 3.01. The number of rotatable bonds is 3. The quantitative estimate of drug-likeness (QED) is 0.744. The van der Waals surface area contributed by atoms with Crippen molar-refractivity contribution in [3.63, 3.8) is 0 Å². The van der Waals surface area contributed by atoms with Crippen LogP contribution in [0.4, 0.5) is 5.69 Å². The summed E-state index contributed by atoms with van der Waals surface area (Å²) in [6.45, 7) is 5.88. The Morgan fingerprint density at radius 2 is 1.46 bits per heavy atom. The lowest BCUT2D eigenvalue weighted by Gasteiger charge is -2.13. The van der Waals surface area contributed by atoms with Crippen molar-refractivity contribution >= 4 is 11.6 Å². The third-order valence-corrected chi connectivity index (χ3v) is 4.10. The standard InChI is InChI=1S/C21H20N2O/c1-14-8-7-9-15(2)19(14)23-21(24)20-16(3)12-13-18(22-20)17-10-5-4-6-11-17/h4-13H,1-3H3,(H,23,24). The first-order valence-corrected chi connectivity index (χ1v) is 7.97. The van der Waals surface area contributed by atoms with Crippen LogP contribution in [0, 0.1) is 20.8 Å². The highest BCUT2D eigenvalue weighted by Crippen LogP contribution is 2.22. The fourth-order valence-electron chi connectivity index (χ4n) is 2.71. The Kier molecular flexibility index (Phi) is 4.43. The Hall–Kier alpha value is -2.94. The SMILES string of the molecule is Cc1ccc(-c2ccccc2)nc1C(=O)Nc1c(C)cccc1C. The maximum atomic E-state index is 12.7. The molecule has 0 saturated carbocycles. The number of anilines is 1. The third kappa shape index (κ3) is 3.20. The summed E-state index contributed by atoms with van der Waals surface area (Å²) in [7, 11) is 0. The molecule has 24 heavy (non-hydrogen) atoms. The maximum absolute atomic E-state index is 12.7. The third-order valence-electron chi connectivity index (χ3n) is 4.10. The predicted molar refractivity (Wildman–Crippen MR) is 98.3 cm³/mol. The molecule has 0 fully saturated rings. The Balaban J connectivity index is 1.95. The highest BCUT2D eigenvalue weighted by atomic mass is 16.1. The van der Waals surface area contributed by atoms with Crippen LogP contribution in [0.2, 0.25) is 0 Å². The molecule has 0 aliphatic rings. The van der Waals surface area contributed by atoms with E-state index >= 15 is 0 Å². The Morgan fingerprint density at radius 3 is 2.12 bits per heavy atom. The van der Waals surface area contributed by atoms with Crippen LogP contribution in [0.5, 0.6) is 0 Å². The molecule has 1 N–H and O–H groups in total.